The maximum Gasteiger partial charge on any atom is 0.329 e. The molecule has 9 nitrogen and oxygen atoms in total. The van der Waals surface area contributed by atoms with Crippen LogP contribution in [0.15, 0.2) is 41.2 Å². The number of nitrogens with two attached hydrogens (primary N) is 1. The maximum atomic E-state index is 13.5. The van der Waals surface area contributed by atoms with E-state index in [1.54, 1.807) is 18.0 Å². The molecule has 3 amide bonds. The number of nitrogens with zero attached hydrogens (tertiary/aromatic N) is 3. The molecule has 0 aliphatic carbocycles. The summed E-state index contributed by atoms with van der Waals surface area (Å²) < 4.78 is 29.6. The number of hydrogen-bond donors (Lipinski definition) is 2. The number of imide groups is 1. The predicted molar refractivity (Wildman–Crippen MR) is 152 cm³/mol. The quantitative estimate of drug-likeness (QED) is 0.345. The van der Waals surface area contributed by atoms with Crippen LogP contribution in [0.2, 0.25) is 0 Å². The first kappa shape index (κ1) is 29.2. The number of likely N-dealkylation sites (tertiary alicyclic amines) is 1. The van der Waals surface area contributed by atoms with Gasteiger partial charge in [-0.15, -0.1) is 0 Å². The summed E-state index contributed by atoms with van der Waals surface area (Å²) in [6.07, 6.45) is 3.87. The number of piperidine rings is 2. The largest absolute Gasteiger partial charge is 0.341 e. The zero-order chi connectivity index (χ0) is 30.0. The number of halogens is 2. The molecule has 2 saturated heterocycles. The number of carbonyl (C=O) groups is 3. The Labute approximate surface area is 241 Å². The van der Waals surface area contributed by atoms with E-state index in [2.05, 4.69) is 17.2 Å². The predicted octanol–water partition coefficient (Wildman–Crippen LogP) is 2.54. The minimum Gasteiger partial charge on any atom is -0.341 e. The van der Waals surface area contributed by atoms with Crippen LogP contribution in [0.5, 0.6) is 0 Å². The number of hydrogen-bond acceptors (Lipinski definition) is 5. The van der Waals surface area contributed by atoms with Crippen LogP contribution in [0.4, 0.5) is 8.78 Å². The number of rotatable bonds is 6. The minimum atomic E-state index is -0.953. The van der Waals surface area contributed by atoms with Crippen LogP contribution in [-0.2, 0) is 27.9 Å². The van der Waals surface area contributed by atoms with Crippen LogP contribution in [0.25, 0.3) is 11.0 Å². The smallest absolute Gasteiger partial charge is 0.329 e. The van der Waals surface area contributed by atoms with Gasteiger partial charge in [-0.3, -0.25) is 28.8 Å². The van der Waals surface area contributed by atoms with Gasteiger partial charge in [0.15, 0.2) is 11.6 Å². The second kappa shape index (κ2) is 12.3. The van der Waals surface area contributed by atoms with Gasteiger partial charge in [-0.1, -0.05) is 17.9 Å². The molecular weight excluding hydrogens is 544 g/mol. The zero-order valence-electron chi connectivity index (χ0n) is 23.4. The van der Waals surface area contributed by atoms with Crippen molar-refractivity contribution < 1.29 is 23.2 Å². The van der Waals surface area contributed by atoms with Crippen molar-refractivity contribution in [2.75, 3.05) is 13.1 Å². The van der Waals surface area contributed by atoms with Gasteiger partial charge in [0, 0.05) is 38.5 Å². The molecule has 11 heteroatoms. The number of fused-ring (bicyclic) bond motifs is 1. The van der Waals surface area contributed by atoms with Crippen molar-refractivity contribution in [1.29, 1.82) is 0 Å². The van der Waals surface area contributed by atoms with Crippen molar-refractivity contribution in [1.82, 2.24) is 19.4 Å². The standard InChI is InChI=1S/C31H33F2N5O4/c1-36-27-18-20(7-9-25(27)38(31(36)42)26-10-11-28(39)35-29(26)40)5-3-2-4-19-12-14-37(15-13-19)30(41)24(34)17-21-6-8-22(32)23(33)16-21/h6-9,16,18-19,24,26H,2,4,10-15,17,34H2,1H3,(H,35,39,40)/t24-,26?/m0/s1. The summed E-state index contributed by atoms with van der Waals surface area (Å²) in [5, 5.41) is 2.31. The molecule has 0 bridgehead atoms. The Kier molecular flexibility index (Phi) is 8.54. The third-order valence-corrected chi connectivity index (χ3v) is 8.20. The highest BCUT2D eigenvalue weighted by molar-refractivity contribution is 6.00. The number of carbonyl (C=O) groups excluding carboxylic acids is 3. The number of aromatic nitrogens is 2. The molecule has 3 aromatic rings. The van der Waals surface area contributed by atoms with Gasteiger partial charge in [0.05, 0.1) is 17.1 Å². The Hall–Kier alpha value is -4.30. The van der Waals surface area contributed by atoms with E-state index in [-0.39, 0.29) is 36.8 Å². The summed E-state index contributed by atoms with van der Waals surface area (Å²) in [7, 11) is 1.65. The SMILES string of the molecule is Cn1c(=O)n(C2CCC(=O)NC2=O)c2ccc(C#CCCC3CCN(C(=O)[C@@H](N)Cc4ccc(F)c(F)c4)CC3)cc21. The molecule has 3 N–H and O–H groups in total. The van der Waals surface area contributed by atoms with Gasteiger partial charge in [0.25, 0.3) is 0 Å². The lowest BCUT2D eigenvalue weighted by Gasteiger charge is -2.33. The summed E-state index contributed by atoms with van der Waals surface area (Å²) >= 11 is 0. The summed E-state index contributed by atoms with van der Waals surface area (Å²) in [6.45, 7) is 1.19. The van der Waals surface area contributed by atoms with Crippen LogP contribution in [0, 0.1) is 29.4 Å². The Morgan fingerprint density at radius 3 is 2.52 bits per heavy atom. The average Bonchev–Trinajstić information content (AvgIpc) is 3.22. The summed E-state index contributed by atoms with van der Waals surface area (Å²) in [5.74, 6) is 3.94. The molecule has 1 aromatic heterocycles. The van der Waals surface area contributed by atoms with Gasteiger partial charge < -0.3 is 10.6 Å². The minimum absolute atomic E-state index is 0.146. The summed E-state index contributed by atoms with van der Waals surface area (Å²) in [6, 6.07) is 7.46. The highest BCUT2D eigenvalue weighted by atomic mass is 19.2. The van der Waals surface area contributed by atoms with Gasteiger partial charge in [-0.2, -0.15) is 0 Å². The summed E-state index contributed by atoms with van der Waals surface area (Å²) in [4.78, 5) is 51.4. The summed E-state index contributed by atoms with van der Waals surface area (Å²) in [5.41, 5.74) is 8.29. The Morgan fingerprint density at radius 1 is 1.05 bits per heavy atom. The van der Waals surface area contributed by atoms with Gasteiger partial charge in [-0.25, -0.2) is 13.6 Å². The van der Waals surface area contributed by atoms with Crippen molar-refractivity contribution >= 4 is 28.8 Å². The van der Waals surface area contributed by atoms with Gasteiger partial charge in [-0.05, 0) is 73.9 Å². The highest BCUT2D eigenvalue weighted by Gasteiger charge is 2.31. The number of aryl methyl sites for hydroxylation is 1. The highest BCUT2D eigenvalue weighted by Crippen LogP contribution is 2.25. The number of amides is 3. The van der Waals surface area contributed by atoms with Crippen molar-refractivity contribution in [3.63, 3.8) is 0 Å². The van der Waals surface area contributed by atoms with E-state index in [9.17, 15) is 28.0 Å². The molecule has 2 aromatic carbocycles. The molecule has 2 aliphatic rings. The van der Waals surface area contributed by atoms with Gasteiger partial charge >= 0.3 is 5.69 Å². The fraction of sp³-hybridized carbons (Fsp3) is 0.419. The second-order valence-corrected chi connectivity index (χ2v) is 11.1. The topological polar surface area (TPSA) is 119 Å². The third-order valence-electron chi connectivity index (χ3n) is 8.20. The number of benzene rings is 2. The van der Waals surface area contributed by atoms with Crippen molar-refractivity contribution in [3.05, 3.63) is 69.6 Å². The van der Waals surface area contributed by atoms with Crippen LogP contribution in [-0.4, -0.2) is 50.9 Å². The van der Waals surface area contributed by atoms with Gasteiger partial charge in [0.1, 0.15) is 6.04 Å². The van der Waals surface area contributed by atoms with E-state index in [0.29, 0.717) is 42.0 Å². The average molecular weight is 578 g/mol. The van der Waals surface area contributed by atoms with Crippen molar-refractivity contribution in [3.8, 4) is 11.8 Å². The molecule has 0 spiro atoms. The van der Waals surface area contributed by atoms with E-state index in [0.717, 1.165) is 37.0 Å². The molecular formula is C31H33F2N5O4. The van der Waals surface area contributed by atoms with E-state index in [4.69, 9.17) is 5.73 Å². The molecule has 0 radical (unpaired) electrons. The lowest BCUT2D eigenvalue weighted by molar-refractivity contribution is -0.136. The molecule has 1 unspecified atom stereocenters. The first-order valence-corrected chi connectivity index (χ1v) is 14.1. The number of nitrogens with one attached hydrogen (secondary N) is 1. The molecule has 5 rings (SSSR count). The first-order valence-electron chi connectivity index (χ1n) is 14.1. The molecule has 2 aliphatic heterocycles. The zero-order valence-corrected chi connectivity index (χ0v) is 23.4. The molecule has 220 valence electrons. The van der Waals surface area contributed by atoms with E-state index in [1.807, 2.05) is 12.1 Å². The molecule has 2 fully saturated rings. The molecule has 2 atom stereocenters. The Balaban J connectivity index is 1.13. The molecule has 0 saturated carbocycles. The van der Waals surface area contributed by atoms with E-state index in [1.165, 1.54) is 15.2 Å². The molecule has 42 heavy (non-hydrogen) atoms. The van der Waals surface area contributed by atoms with E-state index < -0.39 is 29.6 Å². The van der Waals surface area contributed by atoms with Gasteiger partial charge in [0.2, 0.25) is 17.7 Å². The van der Waals surface area contributed by atoms with Crippen LogP contribution >= 0.6 is 0 Å². The molecule has 3 heterocycles. The fourth-order valence-electron chi connectivity index (χ4n) is 5.80. The Bertz CT molecular complexity index is 1660. The third kappa shape index (κ3) is 6.14. The number of imidazole rings is 1. The van der Waals surface area contributed by atoms with E-state index >= 15 is 0 Å². The van der Waals surface area contributed by atoms with Crippen molar-refractivity contribution in [2.45, 2.75) is 57.0 Å². The lowest BCUT2D eigenvalue weighted by atomic mass is 9.91. The fourth-order valence-corrected chi connectivity index (χ4v) is 5.80. The first-order chi connectivity index (χ1) is 20.1. The lowest BCUT2D eigenvalue weighted by Crippen LogP contribution is -2.48. The normalized spacial score (nSPS) is 18.5. The second-order valence-electron chi connectivity index (χ2n) is 11.1. The van der Waals surface area contributed by atoms with Crippen LogP contribution in [0.1, 0.15) is 55.7 Å². The maximum absolute atomic E-state index is 13.5. The van der Waals surface area contributed by atoms with Crippen LogP contribution < -0.4 is 16.7 Å². The monoisotopic (exact) mass is 577 g/mol. The van der Waals surface area contributed by atoms with Crippen molar-refractivity contribution in [2.24, 2.45) is 18.7 Å². The Morgan fingerprint density at radius 2 is 1.81 bits per heavy atom. The van der Waals surface area contributed by atoms with Crippen LogP contribution in [0.3, 0.4) is 0 Å².